The summed E-state index contributed by atoms with van der Waals surface area (Å²) in [6.07, 6.45) is 3.67. The van der Waals surface area contributed by atoms with E-state index in [0.29, 0.717) is 5.02 Å². The van der Waals surface area contributed by atoms with Gasteiger partial charge < -0.3 is 10.1 Å². The van der Waals surface area contributed by atoms with Gasteiger partial charge in [0.05, 0.1) is 11.6 Å². The second kappa shape index (κ2) is 7.80. The Morgan fingerprint density at radius 2 is 1.94 bits per heavy atom. The summed E-state index contributed by atoms with van der Waals surface area (Å²) in [6.45, 7) is 3.07. The third-order valence-electron chi connectivity index (χ3n) is 3.08. The molecule has 1 fully saturated rings. The van der Waals surface area contributed by atoms with Gasteiger partial charge in [0, 0.05) is 0 Å². The van der Waals surface area contributed by atoms with Gasteiger partial charge in [-0.1, -0.05) is 23.7 Å². The van der Waals surface area contributed by atoms with Crippen LogP contribution in [-0.4, -0.2) is 19.7 Å². The molecule has 1 aromatic carbocycles. The van der Waals surface area contributed by atoms with E-state index in [1.807, 2.05) is 24.3 Å². The lowest BCUT2D eigenvalue weighted by molar-refractivity contribution is 0.252. The molecule has 0 saturated carbocycles. The second-order valence-corrected chi connectivity index (χ2v) is 4.67. The van der Waals surface area contributed by atoms with Crippen LogP contribution in [0.5, 0.6) is 5.75 Å². The maximum absolute atomic E-state index is 6.01. The van der Waals surface area contributed by atoms with Crippen LogP contribution in [0.4, 0.5) is 0 Å². The van der Waals surface area contributed by atoms with Crippen molar-refractivity contribution in [3.63, 3.8) is 0 Å². The number of hydrogen-bond acceptors (Lipinski definition) is 2. The molecule has 0 bridgehead atoms. The van der Waals surface area contributed by atoms with Crippen LogP contribution < -0.4 is 10.1 Å². The summed E-state index contributed by atoms with van der Waals surface area (Å²) >= 11 is 6.01. The summed E-state index contributed by atoms with van der Waals surface area (Å²) < 4.78 is 5.69. The van der Waals surface area contributed by atoms with E-state index in [2.05, 4.69) is 5.32 Å². The first-order chi connectivity index (χ1) is 7.86. The fourth-order valence-corrected chi connectivity index (χ4v) is 2.26. The Balaban J connectivity index is 0.00000144. The molecule has 0 amide bonds. The fraction of sp³-hybridized carbons (Fsp3) is 0.538. The molecule has 4 heteroatoms. The monoisotopic (exact) mass is 275 g/mol. The number of ether oxygens (including phenoxy) is 1. The Hall–Kier alpha value is -0.440. The van der Waals surface area contributed by atoms with Gasteiger partial charge in [-0.25, -0.2) is 0 Å². The molecule has 0 unspecified atom stereocenters. The molecule has 1 saturated heterocycles. The SMILES string of the molecule is Cl.Clc1ccccc1OCCC1CCNCC1. The maximum atomic E-state index is 6.01. The van der Waals surface area contributed by atoms with Crippen molar-refractivity contribution in [1.29, 1.82) is 0 Å². The lowest BCUT2D eigenvalue weighted by Gasteiger charge is -2.22. The first-order valence-electron chi connectivity index (χ1n) is 5.94. The summed E-state index contributed by atoms with van der Waals surface area (Å²) in [5, 5.41) is 4.07. The van der Waals surface area contributed by atoms with E-state index < -0.39 is 0 Å². The van der Waals surface area contributed by atoms with Crippen molar-refractivity contribution < 1.29 is 4.74 Å². The molecule has 0 aromatic heterocycles. The average molecular weight is 276 g/mol. The highest BCUT2D eigenvalue weighted by atomic mass is 35.5. The van der Waals surface area contributed by atoms with Crippen molar-refractivity contribution >= 4 is 24.0 Å². The van der Waals surface area contributed by atoms with Crippen LogP contribution in [0.2, 0.25) is 5.02 Å². The molecule has 0 atom stereocenters. The molecule has 2 rings (SSSR count). The largest absolute Gasteiger partial charge is 0.492 e. The molecule has 17 heavy (non-hydrogen) atoms. The highest BCUT2D eigenvalue weighted by molar-refractivity contribution is 6.32. The van der Waals surface area contributed by atoms with Crippen LogP contribution in [0.3, 0.4) is 0 Å². The number of halogens is 2. The lowest BCUT2D eigenvalue weighted by atomic mass is 9.95. The van der Waals surface area contributed by atoms with Gasteiger partial charge in [-0.3, -0.25) is 0 Å². The Bertz CT molecular complexity index is 327. The Morgan fingerprint density at radius 3 is 2.65 bits per heavy atom. The quantitative estimate of drug-likeness (QED) is 0.908. The second-order valence-electron chi connectivity index (χ2n) is 4.26. The van der Waals surface area contributed by atoms with E-state index in [1.165, 1.54) is 12.8 Å². The predicted octanol–water partition coefficient (Wildman–Crippen LogP) is 3.53. The van der Waals surface area contributed by atoms with Crippen LogP contribution in [0.1, 0.15) is 19.3 Å². The smallest absolute Gasteiger partial charge is 0.137 e. The summed E-state index contributed by atoms with van der Waals surface area (Å²) in [6, 6.07) is 7.65. The molecule has 0 spiro atoms. The molecular formula is C13H19Cl2NO. The molecule has 1 N–H and O–H groups in total. The van der Waals surface area contributed by atoms with E-state index in [1.54, 1.807) is 0 Å². The van der Waals surface area contributed by atoms with Gasteiger partial charge in [0.2, 0.25) is 0 Å². The normalized spacial score (nSPS) is 16.3. The van der Waals surface area contributed by atoms with E-state index in [9.17, 15) is 0 Å². The zero-order valence-corrected chi connectivity index (χ0v) is 11.4. The van der Waals surface area contributed by atoms with Crippen LogP contribution in [0.25, 0.3) is 0 Å². The van der Waals surface area contributed by atoms with Crippen LogP contribution >= 0.6 is 24.0 Å². The maximum Gasteiger partial charge on any atom is 0.137 e. The van der Waals surface area contributed by atoms with Crippen molar-refractivity contribution in [3.05, 3.63) is 29.3 Å². The number of hydrogen-bond donors (Lipinski definition) is 1. The molecule has 1 heterocycles. The van der Waals surface area contributed by atoms with E-state index in [4.69, 9.17) is 16.3 Å². The topological polar surface area (TPSA) is 21.3 Å². The van der Waals surface area contributed by atoms with E-state index in [-0.39, 0.29) is 12.4 Å². The van der Waals surface area contributed by atoms with Crippen LogP contribution in [-0.2, 0) is 0 Å². The molecule has 1 aliphatic rings. The number of piperidine rings is 1. The minimum atomic E-state index is 0. The van der Waals surface area contributed by atoms with Crippen LogP contribution in [0, 0.1) is 5.92 Å². The highest BCUT2D eigenvalue weighted by Crippen LogP contribution is 2.24. The van der Waals surface area contributed by atoms with Crippen molar-refractivity contribution in [3.8, 4) is 5.75 Å². The summed E-state index contributed by atoms with van der Waals surface area (Å²) in [5.41, 5.74) is 0. The number of para-hydroxylation sites is 1. The van der Waals surface area contributed by atoms with Gasteiger partial charge in [-0.15, -0.1) is 12.4 Å². The molecule has 96 valence electrons. The molecule has 1 aromatic rings. The van der Waals surface area contributed by atoms with Gasteiger partial charge in [0.1, 0.15) is 5.75 Å². The highest BCUT2D eigenvalue weighted by Gasteiger charge is 2.12. The van der Waals surface area contributed by atoms with Crippen LogP contribution in [0.15, 0.2) is 24.3 Å². The molecule has 2 nitrogen and oxygen atoms in total. The van der Waals surface area contributed by atoms with Gasteiger partial charge in [0.15, 0.2) is 0 Å². The zero-order chi connectivity index (χ0) is 11.2. The molecule has 0 radical (unpaired) electrons. The first kappa shape index (κ1) is 14.6. The predicted molar refractivity (Wildman–Crippen MR) is 74.4 cm³/mol. The molecule has 0 aliphatic carbocycles. The Kier molecular flexibility index (Phi) is 6.71. The first-order valence-corrected chi connectivity index (χ1v) is 6.32. The summed E-state index contributed by atoms with van der Waals surface area (Å²) in [4.78, 5) is 0. The minimum absolute atomic E-state index is 0. The molecular weight excluding hydrogens is 257 g/mol. The van der Waals surface area contributed by atoms with E-state index in [0.717, 1.165) is 37.8 Å². The van der Waals surface area contributed by atoms with Gasteiger partial charge in [-0.05, 0) is 50.4 Å². The number of benzene rings is 1. The Labute approximate surface area is 114 Å². The number of nitrogens with one attached hydrogen (secondary N) is 1. The average Bonchev–Trinajstić information content (AvgIpc) is 2.33. The van der Waals surface area contributed by atoms with E-state index >= 15 is 0 Å². The molecule has 1 aliphatic heterocycles. The third-order valence-corrected chi connectivity index (χ3v) is 3.39. The summed E-state index contributed by atoms with van der Waals surface area (Å²) in [7, 11) is 0. The standard InChI is InChI=1S/C13H18ClNO.ClH/c14-12-3-1-2-4-13(12)16-10-7-11-5-8-15-9-6-11;/h1-4,11,15H,5-10H2;1H. The van der Waals surface area contributed by atoms with Gasteiger partial charge in [0.25, 0.3) is 0 Å². The van der Waals surface area contributed by atoms with Crippen molar-refractivity contribution in [2.24, 2.45) is 5.92 Å². The number of rotatable bonds is 4. The zero-order valence-electron chi connectivity index (χ0n) is 9.82. The summed E-state index contributed by atoms with van der Waals surface area (Å²) in [5.74, 6) is 1.61. The lowest BCUT2D eigenvalue weighted by Crippen LogP contribution is -2.28. The minimum Gasteiger partial charge on any atom is -0.492 e. The van der Waals surface area contributed by atoms with Crippen molar-refractivity contribution in [2.45, 2.75) is 19.3 Å². The third kappa shape index (κ3) is 4.74. The van der Waals surface area contributed by atoms with Crippen molar-refractivity contribution in [1.82, 2.24) is 5.32 Å². The van der Waals surface area contributed by atoms with Crippen molar-refractivity contribution in [2.75, 3.05) is 19.7 Å². The van der Waals surface area contributed by atoms with Gasteiger partial charge >= 0.3 is 0 Å². The fourth-order valence-electron chi connectivity index (χ4n) is 2.07. The Morgan fingerprint density at radius 1 is 1.24 bits per heavy atom. The van der Waals surface area contributed by atoms with Gasteiger partial charge in [-0.2, -0.15) is 0 Å².